The van der Waals surface area contributed by atoms with Crippen LogP contribution in [-0.4, -0.2) is 23.5 Å². The molecule has 0 spiro atoms. The van der Waals surface area contributed by atoms with Gasteiger partial charge in [-0.2, -0.15) is 17.9 Å². The van der Waals surface area contributed by atoms with E-state index in [1.54, 1.807) is 30.3 Å². The molecule has 1 aliphatic heterocycles. The first-order chi connectivity index (χ1) is 14.4. The lowest BCUT2D eigenvalue weighted by Crippen LogP contribution is -2.27. The van der Waals surface area contributed by atoms with E-state index in [0.29, 0.717) is 17.7 Å². The third-order valence-electron chi connectivity index (χ3n) is 4.80. The molecule has 0 saturated carbocycles. The average molecular weight is 486 g/mol. The molecule has 0 aliphatic carbocycles. The van der Waals surface area contributed by atoms with E-state index >= 15 is 0 Å². The number of halogens is 1. The molecule has 0 saturated heterocycles. The Hall–Kier alpha value is -3.04. The molecule has 3 aromatic rings. The topological polar surface area (TPSA) is 92.9 Å². The minimum absolute atomic E-state index is 0.0957. The predicted molar refractivity (Wildman–Crippen MR) is 117 cm³/mol. The highest BCUT2D eigenvalue weighted by atomic mass is 79.9. The Morgan fingerprint density at radius 2 is 1.70 bits per heavy atom. The minimum Gasteiger partial charge on any atom is -0.258 e. The number of nitro groups is 1. The van der Waals surface area contributed by atoms with Crippen LogP contribution in [0.1, 0.15) is 23.6 Å². The number of hydrogen-bond acceptors (Lipinski definition) is 5. The zero-order valence-corrected chi connectivity index (χ0v) is 18.0. The maximum Gasteiger partial charge on any atom is 0.279 e. The van der Waals surface area contributed by atoms with Crippen molar-refractivity contribution in [3.05, 3.63) is 105 Å². The van der Waals surface area contributed by atoms with Gasteiger partial charge >= 0.3 is 0 Å². The Bertz CT molecular complexity index is 1230. The number of nitro benzene ring substituents is 1. The highest BCUT2D eigenvalue weighted by Crippen LogP contribution is 2.38. The molecule has 0 aromatic heterocycles. The van der Waals surface area contributed by atoms with Crippen LogP contribution < -0.4 is 0 Å². The van der Waals surface area contributed by atoms with Crippen LogP contribution in [0, 0.1) is 10.1 Å². The van der Waals surface area contributed by atoms with Crippen LogP contribution >= 0.6 is 15.9 Å². The van der Waals surface area contributed by atoms with Crippen molar-refractivity contribution < 1.29 is 13.3 Å². The van der Waals surface area contributed by atoms with E-state index in [4.69, 9.17) is 0 Å². The van der Waals surface area contributed by atoms with Gasteiger partial charge in [0, 0.05) is 23.0 Å². The molecule has 1 aliphatic rings. The van der Waals surface area contributed by atoms with Gasteiger partial charge in [0.05, 0.1) is 21.6 Å². The van der Waals surface area contributed by atoms with Crippen molar-refractivity contribution in [2.75, 3.05) is 0 Å². The summed E-state index contributed by atoms with van der Waals surface area (Å²) in [4.78, 5) is 10.8. The van der Waals surface area contributed by atoms with E-state index in [0.717, 1.165) is 14.5 Å². The number of non-ortho nitro benzene ring substituents is 1. The molecular weight excluding hydrogens is 470 g/mol. The van der Waals surface area contributed by atoms with E-state index in [1.807, 2.05) is 24.3 Å². The molecule has 0 N–H and O–H groups in total. The first-order valence-corrected chi connectivity index (χ1v) is 11.3. The summed E-state index contributed by atoms with van der Waals surface area (Å²) >= 11 is 3.39. The number of hydrogen-bond donors (Lipinski definition) is 0. The Kier molecular flexibility index (Phi) is 5.40. The maximum absolute atomic E-state index is 13.3. The summed E-state index contributed by atoms with van der Waals surface area (Å²) in [6, 6.07) is 20.8. The third-order valence-corrected chi connectivity index (χ3v) is 7.03. The number of benzene rings is 3. The number of sulfonamides is 1. The van der Waals surface area contributed by atoms with Gasteiger partial charge in [-0.25, -0.2) is 0 Å². The van der Waals surface area contributed by atoms with Gasteiger partial charge < -0.3 is 0 Å². The van der Waals surface area contributed by atoms with E-state index < -0.39 is 21.0 Å². The molecule has 30 heavy (non-hydrogen) atoms. The second kappa shape index (κ2) is 8.00. The Morgan fingerprint density at radius 3 is 2.37 bits per heavy atom. The van der Waals surface area contributed by atoms with Crippen LogP contribution in [0.3, 0.4) is 0 Å². The first-order valence-electron chi connectivity index (χ1n) is 9.03. The Labute approximate surface area is 182 Å². The van der Waals surface area contributed by atoms with Gasteiger partial charge in [0.15, 0.2) is 0 Å². The highest BCUT2D eigenvalue weighted by Gasteiger charge is 2.38. The van der Waals surface area contributed by atoms with Gasteiger partial charge in [0.2, 0.25) is 0 Å². The van der Waals surface area contributed by atoms with Crippen molar-refractivity contribution >= 4 is 37.4 Å². The lowest BCUT2D eigenvalue weighted by atomic mass is 9.99. The van der Waals surface area contributed by atoms with Gasteiger partial charge in [-0.05, 0) is 35.4 Å². The Morgan fingerprint density at radius 1 is 1.00 bits per heavy atom. The summed E-state index contributed by atoms with van der Waals surface area (Å²) in [6.07, 6.45) is 0.300. The fourth-order valence-corrected chi connectivity index (χ4v) is 5.04. The summed E-state index contributed by atoms with van der Waals surface area (Å²) in [7, 11) is -3.95. The molecule has 3 aromatic carbocycles. The summed E-state index contributed by atoms with van der Waals surface area (Å²) < 4.78 is 28.7. The summed E-state index contributed by atoms with van der Waals surface area (Å²) in [6.45, 7) is 0. The lowest BCUT2D eigenvalue weighted by molar-refractivity contribution is -0.384. The second-order valence-corrected chi connectivity index (χ2v) is 9.43. The molecule has 0 fully saturated rings. The van der Waals surface area contributed by atoms with E-state index in [2.05, 4.69) is 21.0 Å². The smallest absolute Gasteiger partial charge is 0.258 e. The maximum atomic E-state index is 13.3. The summed E-state index contributed by atoms with van der Waals surface area (Å²) in [5.74, 6) is 0. The summed E-state index contributed by atoms with van der Waals surface area (Å²) in [5.41, 5.74) is 1.80. The molecular formula is C21H16BrN3O4S. The van der Waals surface area contributed by atoms with Crippen molar-refractivity contribution in [2.45, 2.75) is 17.4 Å². The van der Waals surface area contributed by atoms with Gasteiger partial charge in [-0.15, -0.1) is 0 Å². The largest absolute Gasteiger partial charge is 0.279 e. The molecule has 7 nitrogen and oxygen atoms in total. The molecule has 9 heteroatoms. The van der Waals surface area contributed by atoms with Crippen molar-refractivity contribution in [1.82, 2.24) is 4.41 Å². The van der Waals surface area contributed by atoms with Crippen LogP contribution in [0.15, 0.2) is 93.3 Å². The fraction of sp³-hybridized carbons (Fsp3) is 0.0952. The molecule has 152 valence electrons. The van der Waals surface area contributed by atoms with E-state index in [9.17, 15) is 18.5 Å². The first kappa shape index (κ1) is 20.2. The third kappa shape index (κ3) is 3.86. The molecule has 0 radical (unpaired) electrons. The SMILES string of the molecule is O=[N+]([O-])c1cccc([C@@H]2CC(c3ccc(Br)cc3)=NN2S(=O)(=O)c2ccccc2)c1. The lowest BCUT2D eigenvalue weighted by Gasteiger charge is -2.23. The second-order valence-electron chi connectivity index (χ2n) is 6.72. The van der Waals surface area contributed by atoms with Crippen LogP contribution in [0.25, 0.3) is 0 Å². The molecule has 1 atom stereocenters. The van der Waals surface area contributed by atoms with Gasteiger partial charge in [0.25, 0.3) is 15.7 Å². The minimum atomic E-state index is -3.95. The monoisotopic (exact) mass is 485 g/mol. The van der Waals surface area contributed by atoms with E-state index in [1.165, 1.54) is 24.3 Å². The molecule has 1 heterocycles. The van der Waals surface area contributed by atoms with Crippen molar-refractivity contribution in [3.63, 3.8) is 0 Å². The van der Waals surface area contributed by atoms with Gasteiger partial charge in [0.1, 0.15) is 0 Å². The van der Waals surface area contributed by atoms with Crippen molar-refractivity contribution in [3.8, 4) is 0 Å². The fourth-order valence-electron chi connectivity index (χ4n) is 3.32. The number of nitrogens with zero attached hydrogens (tertiary/aromatic N) is 3. The Balaban J connectivity index is 1.81. The van der Waals surface area contributed by atoms with Crippen LogP contribution in [0.2, 0.25) is 0 Å². The summed E-state index contributed by atoms with van der Waals surface area (Å²) in [5, 5.41) is 15.7. The van der Waals surface area contributed by atoms with Crippen LogP contribution in [0.4, 0.5) is 5.69 Å². The highest BCUT2D eigenvalue weighted by molar-refractivity contribution is 9.10. The molecule has 0 bridgehead atoms. The zero-order valence-electron chi connectivity index (χ0n) is 15.6. The van der Waals surface area contributed by atoms with E-state index in [-0.39, 0.29) is 10.6 Å². The number of hydrazone groups is 1. The van der Waals surface area contributed by atoms with Gasteiger partial charge in [-0.1, -0.05) is 58.4 Å². The normalized spacial score (nSPS) is 16.4. The predicted octanol–water partition coefficient (Wildman–Crippen LogP) is 4.90. The van der Waals surface area contributed by atoms with Crippen LogP contribution in [0.5, 0.6) is 0 Å². The average Bonchev–Trinajstić information content (AvgIpc) is 3.21. The number of rotatable bonds is 5. The van der Waals surface area contributed by atoms with Crippen molar-refractivity contribution in [2.24, 2.45) is 5.10 Å². The quantitative estimate of drug-likeness (QED) is 0.379. The molecule has 0 amide bonds. The molecule has 4 rings (SSSR count). The zero-order chi connectivity index (χ0) is 21.3. The standard InChI is InChI=1S/C21H16BrN3O4S/c22-17-11-9-15(10-12-17)20-14-21(16-5-4-6-18(13-16)25(26)27)24(23-20)30(28,29)19-7-2-1-3-8-19/h1-13,21H,14H2/t21-/m0/s1. The van der Waals surface area contributed by atoms with Crippen molar-refractivity contribution in [1.29, 1.82) is 0 Å². The van der Waals surface area contributed by atoms with Crippen LogP contribution in [-0.2, 0) is 10.0 Å². The molecule has 0 unspecified atom stereocenters. The van der Waals surface area contributed by atoms with Gasteiger partial charge in [-0.3, -0.25) is 10.1 Å².